The minimum Gasteiger partial charge on any atom is -0.493 e. The molecule has 2 rings (SSSR count). The van der Waals surface area contributed by atoms with Crippen LogP contribution in [0, 0.1) is 13.8 Å². The normalized spacial score (nSPS) is 11.6. The highest BCUT2D eigenvalue weighted by Gasteiger charge is 2.18. The van der Waals surface area contributed by atoms with Gasteiger partial charge in [-0.25, -0.2) is 0 Å². The summed E-state index contributed by atoms with van der Waals surface area (Å²) >= 11 is 0. The first kappa shape index (κ1) is 22.6. The molecule has 5 nitrogen and oxygen atoms in total. The highest BCUT2D eigenvalue weighted by Crippen LogP contribution is 2.28. The van der Waals surface area contributed by atoms with Crippen LogP contribution >= 0.6 is 0 Å². The van der Waals surface area contributed by atoms with Gasteiger partial charge in [0.25, 0.3) is 5.91 Å². The molecule has 0 fully saturated rings. The van der Waals surface area contributed by atoms with Gasteiger partial charge < -0.3 is 19.5 Å². The maximum Gasteiger partial charge on any atom is 0.261 e. The van der Waals surface area contributed by atoms with Gasteiger partial charge in [-0.1, -0.05) is 25.1 Å². The van der Waals surface area contributed by atoms with Crippen LogP contribution in [0.15, 0.2) is 36.4 Å². The molecule has 5 heteroatoms. The topological polar surface area (TPSA) is 56.8 Å². The molecule has 0 radical (unpaired) electrons. The van der Waals surface area contributed by atoms with E-state index in [0.29, 0.717) is 19.6 Å². The van der Waals surface area contributed by atoms with E-state index in [1.165, 1.54) is 0 Å². The van der Waals surface area contributed by atoms with Gasteiger partial charge in [-0.05, 0) is 74.9 Å². The van der Waals surface area contributed by atoms with E-state index in [0.717, 1.165) is 46.8 Å². The summed E-state index contributed by atoms with van der Waals surface area (Å²) in [7, 11) is 1.64. The smallest absolute Gasteiger partial charge is 0.261 e. The third-order valence-electron chi connectivity index (χ3n) is 4.75. The van der Waals surface area contributed by atoms with Crippen molar-refractivity contribution >= 4 is 5.91 Å². The molecule has 0 unspecified atom stereocenters. The minimum atomic E-state index is -0.485. The second-order valence-electron chi connectivity index (χ2n) is 7.10. The summed E-state index contributed by atoms with van der Waals surface area (Å²) in [6.45, 7) is 9.12. The number of hydrogen-bond donors (Lipinski definition) is 1. The number of amides is 1. The van der Waals surface area contributed by atoms with E-state index in [-0.39, 0.29) is 5.91 Å². The fourth-order valence-corrected chi connectivity index (χ4v) is 3.07. The summed E-state index contributed by atoms with van der Waals surface area (Å²) in [5.41, 5.74) is 3.30. The summed E-state index contributed by atoms with van der Waals surface area (Å²) < 4.78 is 16.9. The van der Waals surface area contributed by atoms with Crippen LogP contribution in [0.2, 0.25) is 0 Å². The Kier molecular flexibility index (Phi) is 8.84. The molecule has 158 valence electrons. The zero-order chi connectivity index (χ0) is 21.2. The molecule has 0 heterocycles. The Bertz CT molecular complexity index is 803. The summed E-state index contributed by atoms with van der Waals surface area (Å²) in [6, 6.07) is 12.0. The Morgan fingerprint density at radius 2 is 1.83 bits per heavy atom. The number of hydrogen-bond acceptors (Lipinski definition) is 4. The maximum absolute atomic E-state index is 12.5. The number of carbonyl (C=O) groups is 1. The molecule has 1 atom stereocenters. The summed E-state index contributed by atoms with van der Waals surface area (Å²) in [5.74, 6) is 2.19. The number of rotatable bonds is 11. The van der Waals surface area contributed by atoms with Crippen molar-refractivity contribution in [2.45, 2.75) is 53.1 Å². The minimum absolute atomic E-state index is 0.0716. The van der Waals surface area contributed by atoms with Crippen LogP contribution < -0.4 is 19.5 Å². The molecule has 0 aliphatic rings. The van der Waals surface area contributed by atoms with Crippen molar-refractivity contribution in [3.8, 4) is 17.2 Å². The van der Waals surface area contributed by atoms with Gasteiger partial charge in [0, 0.05) is 6.54 Å². The van der Waals surface area contributed by atoms with Gasteiger partial charge >= 0.3 is 0 Å². The molecule has 1 amide bonds. The van der Waals surface area contributed by atoms with E-state index in [1.54, 1.807) is 7.11 Å². The molecule has 0 aliphatic heterocycles. The van der Waals surface area contributed by atoms with E-state index < -0.39 is 6.10 Å². The number of nitrogens with one attached hydrogen (secondary N) is 1. The average Bonchev–Trinajstić information content (AvgIpc) is 2.72. The van der Waals surface area contributed by atoms with E-state index in [9.17, 15) is 4.79 Å². The molecule has 29 heavy (non-hydrogen) atoms. The quantitative estimate of drug-likeness (QED) is 0.560. The Morgan fingerprint density at radius 3 is 2.52 bits per heavy atom. The van der Waals surface area contributed by atoms with Crippen LogP contribution in [0.1, 0.15) is 43.4 Å². The lowest BCUT2D eigenvalue weighted by Crippen LogP contribution is -2.38. The van der Waals surface area contributed by atoms with Gasteiger partial charge in [0.1, 0.15) is 5.75 Å². The van der Waals surface area contributed by atoms with Crippen LogP contribution in [-0.2, 0) is 11.2 Å². The number of ether oxygens (including phenoxy) is 3. The number of carbonyl (C=O) groups excluding carboxylic acids is 1. The predicted octanol–water partition coefficient (Wildman–Crippen LogP) is 4.62. The van der Waals surface area contributed by atoms with Gasteiger partial charge in [-0.15, -0.1) is 0 Å². The lowest BCUT2D eigenvalue weighted by atomic mass is 10.1. The molecule has 1 N–H and O–H groups in total. The van der Waals surface area contributed by atoms with Crippen molar-refractivity contribution in [1.29, 1.82) is 0 Å². The Hall–Kier alpha value is -2.69. The van der Waals surface area contributed by atoms with E-state index in [1.807, 2.05) is 64.1 Å². The summed E-state index contributed by atoms with van der Waals surface area (Å²) in [4.78, 5) is 12.5. The summed E-state index contributed by atoms with van der Waals surface area (Å²) in [5, 5.41) is 3.00. The van der Waals surface area contributed by atoms with Crippen molar-refractivity contribution in [2.75, 3.05) is 20.3 Å². The molecule has 2 aromatic carbocycles. The third kappa shape index (κ3) is 6.70. The molecule has 0 spiro atoms. The van der Waals surface area contributed by atoms with Crippen LogP contribution in [0.5, 0.6) is 17.2 Å². The van der Waals surface area contributed by atoms with Crippen molar-refractivity contribution in [3.63, 3.8) is 0 Å². The van der Waals surface area contributed by atoms with E-state index >= 15 is 0 Å². The fourth-order valence-electron chi connectivity index (χ4n) is 3.07. The molecule has 0 bridgehead atoms. The van der Waals surface area contributed by atoms with Gasteiger partial charge in [-0.2, -0.15) is 0 Å². The second kappa shape index (κ2) is 11.3. The predicted molar refractivity (Wildman–Crippen MR) is 116 cm³/mol. The molecule has 2 aromatic rings. The van der Waals surface area contributed by atoms with Gasteiger partial charge in [-0.3, -0.25) is 4.79 Å². The highest BCUT2D eigenvalue weighted by atomic mass is 16.5. The van der Waals surface area contributed by atoms with Crippen LogP contribution in [-0.4, -0.2) is 32.3 Å². The number of aryl methyl sites for hydroxylation is 3. The molecule has 0 saturated heterocycles. The van der Waals surface area contributed by atoms with E-state index in [4.69, 9.17) is 14.2 Å². The fraction of sp³-hybridized carbons (Fsp3) is 0.458. The molecule has 0 aromatic heterocycles. The van der Waals surface area contributed by atoms with Gasteiger partial charge in [0.15, 0.2) is 17.6 Å². The van der Waals surface area contributed by atoms with Crippen molar-refractivity contribution in [3.05, 3.63) is 53.1 Å². The standard InChI is InChI=1S/C24H33NO4/c1-6-20(29-22-15-17(3)10-11-18(22)4)24(26)25-14-8-9-19-12-13-21(28-7-2)23(16-19)27-5/h10-13,15-16,20H,6-9,14H2,1-5H3,(H,25,26)/t20-/m1/s1. The average molecular weight is 400 g/mol. The van der Waals surface area contributed by atoms with Crippen LogP contribution in [0.4, 0.5) is 0 Å². The Morgan fingerprint density at radius 1 is 1.03 bits per heavy atom. The van der Waals surface area contributed by atoms with Crippen LogP contribution in [0.3, 0.4) is 0 Å². The molecular formula is C24H33NO4. The highest BCUT2D eigenvalue weighted by molar-refractivity contribution is 5.81. The first-order chi connectivity index (χ1) is 14.0. The zero-order valence-corrected chi connectivity index (χ0v) is 18.2. The Labute approximate surface area is 174 Å². The Balaban J connectivity index is 1.84. The lowest BCUT2D eigenvalue weighted by molar-refractivity contribution is -0.128. The first-order valence-electron chi connectivity index (χ1n) is 10.3. The first-order valence-corrected chi connectivity index (χ1v) is 10.3. The monoisotopic (exact) mass is 399 g/mol. The number of methoxy groups -OCH3 is 1. The third-order valence-corrected chi connectivity index (χ3v) is 4.75. The number of benzene rings is 2. The largest absolute Gasteiger partial charge is 0.493 e. The zero-order valence-electron chi connectivity index (χ0n) is 18.2. The van der Waals surface area contributed by atoms with Gasteiger partial charge in [0.05, 0.1) is 13.7 Å². The lowest BCUT2D eigenvalue weighted by Gasteiger charge is -2.19. The van der Waals surface area contributed by atoms with Crippen molar-refractivity contribution in [1.82, 2.24) is 5.32 Å². The molecule has 0 saturated carbocycles. The second-order valence-corrected chi connectivity index (χ2v) is 7.10. The van der Waals surface area contributed by atoms with Gasteiger partial charge in [0.2, 0.25) is 0 Å². The molecular weight excluding hydrogens is 366 g/mol. The van der Waals surface area contributed by atoms with Crippen molar-refractivity contribution in [2.24, 2.45) is 0 Å². The molecule has 0 aliphatic carbocycles. The van der Waals surface area contributed by atoms with Crippen molar-refractivity contribution < 1.29 is 19.0 Å². The SMILES string of the molecule is CCOc1ccc(CCCNC(=O)[C@@H](CC)Oc2cc(C)ccc2C)cc1OC. The van der Waals surface area contributed by atoms with E-state index in [2.05, 4.69) is 5.32 Å². The summed E-state index contributed by atoms with van der Waals surface area (Å²) in [6.07, 6.45) is 1.82. The maximum atomic E-state index is 12.5. The van der Waals surface area contributed by atoms with Crippen LogP contribution in [0.25, 0.3) is 0 Å².